The molecule has 0 fully saturated rings. The molecule has 0 saturated heterocycles. The summed E-state index contributed by atoms with van der Waals surface area (Å²) in [7, 11) is 1.66. The number of aromatic nitrogens is 2. The number of imidazole rings is 1. The van der Waals surface area contributed by atoms with E-state index < -0.39 is 5.41 Å². The van der Waals surface area contributed by atoms with Crippen molar-refractivity contribution < 1.29 is 4.79 Å². The highest BCUT2D eigenvalue weighted by atomic mass is 35.5. The second kappa shape index (κ2) is 5.68. The van der Waals surface area contributed by atoms with E-state index in [-0.39, 0.29) is 11.3 Å². The van der Waals surface area contributed by atoms with Gasteiger partial charge in [-0.3, -0.25) is 4.79 Å². The second-order valence-electron chi connectivity index (χ2n) is 6.13. The van der Waals surface area contributed by atoms with Crippen LogP contribution >= 0.6 is 11.6 Å². The SMILES string of the molecule is CNC(=O)C(C)(C)Cn1c(C(C)Cl)nc2cc(C)ccc21. The van der Waals surface area contributed by atoms with Crippen molar-refractivity contribution in [3.63, 3.8) is 0 Å². The predicted octanol–water partition coefficient (Wildman–Crippen LogP) is 3.42. The zero-order chi connectivity index (χ0) is 15.8. The molecule has 1 amide bonds. The molecule has 1 heterocycles. The van der Waals surface area contributed by atoms with Gasteiger partial charge in [0.1, 0.15) is 5.82 Å². The van der Waals surface area contributed by atoms with Crippen LogP contribution in [0.4, 0.5) is 0 Å². The molecule has 21 heavy (non-hydrogen) atoms. The quantitative estimate of drug-likeness (QED) is 0.880. The van der Waals surface area contributed by atoms with Crippen molar-refractivity contribution in [2.45, 2.75) is 39.6 Å². The molecule has 5 heteroatoms. The number of carbonyl (C=O) groups excluding carboxylic acids is 1. The van der Waals surface area contributed by atoms with Crippen LogP contribution in [0.25, 0.3) is 11.0 Å². The lowest BCUT2D eigenvalue weighted by Gasteiger charge is -2.25. The van der Waals surface area contributed by atoms with E-state index >= 15 is 0 Å². The van der Waals surface area contributed by atoms with Gasteiger partial charge < -0.3 is 9.88 Å². The Balaban J connectivity index is 2.56. The third-order valence-electron chi connectivity index (χ3n) is 3.68. The molecule has 0 spiro atoms. The third kappa shape index (κ3) is 3.05. The van der Waals surface area contributed by atoms with E-state index in [1.54, 1.807) is 7.05 Å². The Morgan fingerprint density at radius 1 is 1.48 bits per heavy atom. The molecule has 1 N–H and O–H groups in total. The molecule has 0 aliphatic heterocycles. The van der Waals surface area contributed by atoms with Gasteiger partial charge in [0.15, 0.2) is 0 Å². The Kier molecular flexibility index (Phi) is 4.28. The summed E-state index contributed by atoms with van der Waals surface area (Å²) >= 11 is 6.28. The van der Waals surface area contributed by atoms with Crippen molar-refractivity contribution in [3.05, 3.63) is 29.6 Å². The number of nitrogens with zero attached hydrogens (tertiary/aromatic N) is 2. The first-order valence-electron chi connectivity index (χ1n) is 7.09. The average molecular weight is 308 g/mol. The highest BCUT2D eigenvalue weighted by Crippen LogP contribution is 2.29. The highest BCUT2D eigenvalue weighted by molar-refractivity contribution is 6.20. The van der Waals surface area contributed by atoms with E-state index in [9.17, 15) is 4.79 Å². The molecule has 0 aliphatic carbocycles. The van der Waals surface area contributed by atoms with Gasteiger partial charge in [0.2, 0.25) is 5.91 Å². The number of fused-ring (bicyclic) bond motifs is 1. The Bertz CT molecular complexity index is 673. The number of rotatable bonds is 4. The topological polar surface area (TPSA) is 46.9 Å². The minimum atomic E-state index is -0.534. The second-order valence-corrected chi connectivity index (χ2v) is 6.78. The van der Waals surface area contributed by atoms with Crippen molar-refractivity contribution in [2.75, 3.05) is 7.05 Å². The molecule has 114 valence electrons. The van der Waals surface area contributed by atoms with Crippen LogP contribution in [-0.4, -0.2) is 22.5 Å². The number of amides is 1. The minimum Gasteiger partial charge on any atom is -0.359 e. The normalized spacial score (nSPS) is 13.4. The van der Waals surface area contributed by atoms with Gasteiger partial charge >= 0.3 is 0 Å². The maximum absolute atomic E-state index is 12.1. The summed E-state index contributed by atoms with van der Waals surface area (Å²) in [4.78, 5) is 16.7. The van der Waals surface area contributed by atoms with Gasteiger partial charge in [-0.15, -0.1) is 11.6 Å². The molecule has 1 atom stereocenters. The molecular weight excluding hydrogens is 286 g/mol. The Morgan fingerprint density at radius 2 is 2.14 bits per heavy atom. The van der Waals surface area contributed by atoms with E-state index in [4.69, 9.17) is 11.6 Å². The number of nitrogens with one attached hydrogen (secondary N) is 1. The van der Waals surface area contributed by atoms with Gasteiger partial charge in [0.25, 0.3) is 0 Å². The van der Waals surface area contributed by atoms with E-state index in [1.165, 1.54) is 0 Å². The van der Waals surface area contributed by atoms with Crippen molar-refractivity contribution >= 4 is 28.5 Å². The lowest BCUT2D eigenvalue weighted by Crippen LogP contribution is -2.38. The van der Waals surface area contributed by atoms with Gasteiger partial charge in [-0.2, -0.15) is 0 Å². The number of hydrogen-bond acceptors (Lipinski definition) is 2. The van der Waals surface area contributed by atoms with Crippen LogP contribution in [0.1, 0.15) is 37.5 Å². The van der Waals surface area contributed by atoms with Crippen LogP contribution in [-0.2, 0) is 11.3 Å². The largest absolute Gasteiger partial charge is 0.359 e. The molecule has 0 aliphatic rings. The number of hydrogen-bond donors (Lipinski definition) is 1. The van der Waals surface area contributed by atoms with Crippen LogP contribution in [0.2, 0.25) is 0 Å². The van der Waals surface area contributed by atoms with E-state index in [1.807, 2.05) is 39.8 Å². The summed E-state index contributed by atoms with van der Waals surface area (Å²) in [6.45, 7) is 8.33. The standard InChI is InChI=1S/C16H22ClN3O/c1-10-6-7-13-12(8-10)19-14(11(2)17)20(13)9-16(3,4)15(21)18-5/h6-8,11H,9H2,1-5H3,(H,18,21). The lowest BCUT2D eigenvalue weighted by molar-refractivity contribution is -0.129. The molecule has 1 unspecified atom stereocenters. The van der Waals surface area contributed by atoms with Crippen LogP contribution in [0, 0.1) is 12.3 Å². The molecule has 0 saturated carbocycles. The summed E-state index contributed by atoms with van der Waals surface area (Å²) < 4.78 is 2.06. The molecule has 2 aromatic rings. The van der Waals surface area contributed by atoms with E-state index in [0.29, 0.717) is 6.54 Å². The zero-order valence-corrected chi connectivity index (χ0v) is 14.0. The molecular formula is C16H22ClN3O. The van der Waals surface area contributed by atoms with Crippen LogP contribution in [0.3, 0.4) is 0 Å². The van der Waals surface area contributed by atoms with Gasteiger partial charge in [0, 0.05) is 13.6 Å². The average Bonchev–Trinajstić information content (AvgIpc) is 2.75. The fourth-order valence-corrected chi connectivity index (χ4v) is 2.70. The number of halogens is 1. The molecule has 0 radical (unpaired) electrons. The summed E-state index contributed by atoms with van der Waals surface area (Å²) in [5.41, 5.74) is 2.56. The van der Waals surface area contributed by atoms with Gasteiger partial charge in [0.05, 0.1) is 21.8 Å². The highest BCUT2D eigenvalue weighted by Gasteiger charge is 2.29. The fourth-order valence-electron chi connectivity index (χ4n) is 2.53. The molecule has 1 aromatic carbocycles. The van der Waals surface area contributed by atoms with Crippen molar-refractivity contribution in [3.8, 4) is 0 Å². The zero-order valence-electron chi connectivity index (χ0n) is 13.2. The number of carbonyl (C=O) groups is 1. The first-order chi connectivity index (χ1) is 9.76. The first-order valence-corrected chi connectivity index (χ1v) is 7.53. The number of aryl methyl sites for hydroxylation is 1. The van der Waals surface area contributed by atoms with Crippen molar-refractivity contribution in [2.24, 2.45) is 5.41 Å². The molecule has 1 aromatic heterocycles. The van der Waals surface area contributed by atoms with Crippen LogP contribution in [0.5, 0.6) is 0 Å². The monoisotopic (exact) mass is 307 g/mol. The third-order valence-corrected chi connectivity index (χ3v) is 3.88. The van der Waals surface area contributed by atoms with Gasteiger partial charge in [-0.25, -0.2) is 4.98 Å². The maximum Gasteiger partial charge on any atom is 0.227 e. The van der Waals surface area contributed by atoms with Crippen molar-refractivity contribution in [1.82, 2.24) is 14.9 Å². The molecule has 0 bridgehead atoms. The van der Waals surface area contributed by atoms with Crippen LogP contribution in [0.15, 0.2) is 18.2 Å². The summed E-state index contributed by atoms with van der Waals surface area (Å²) in [6.07, 6.45) is 0. The van der Waals surface area contributed by atoms with E-state index in [2.05, 4.69) is 20.9 Å². The summed E-state index contributed by atoms with van der Waals surface area (Å²) in [6, 6.07) is 6.14. The smallest absolute Gasteiger partial charge is 0.227 e. The Morgan fingerprint density at radius 3 is 2.71 bits per heavy atom. The Labute approximate surface area is 130 Å². The molecule has 2 rings (SSSR count). The predicted molar refractivity (Wildman–Crippen MR) is 86.6 cm³/mol. The summed E-state index contributed by atoms with van der Waals surface area (Å²) in [5.74, 6) is 0.805. The first kappa shape index (κ1) is 15.8. The van der Waals surface area contributed by atoms with Gasteiger partial charge in [-0.05, 0) is 45.4 Å². The van der Waals surface area contributed by atoms with Crippen LogP contribution < -0.4 is 5.32 Å². The maximum atomic E-state index is 12.1. The Hall–Kier alpha value is -1.55. The number of alkyl halides is 1. The summed E-state index contributed by atoms with van der Waals surface area (Å²) in [5, 5.41) is 2.51. The number of benzene rings is 1. The van der Waals surface area contributed by atoms with E-state index in [0.717, 1.165) is 22.4 Å². The lowest BCUT2D eigenvalue weighted by atomic mass is 9.92. The molecule has 4 nitrogen and oxygen atoms in total. The van der Waals surface area contributed by atoms with Gasteiger partial charge in [-0.1, -0.05) is 6.07 Å². The van der Waals surface area contributed by atoms with Crippen molar-refractivity contribution in [1.29, 1.82) is 0 Å². The minimum absolute atomic E-state index is 0.00429. The fraction of sp³-hybridized carbons (Fsp3) is 0.500.